The van der Waals surface area contributed by atoms with Gasteiger partial charge in [-0.15, -0.1) is 0 Å². The Labute approximate surface area is 154 Å². The lowest BCUT2D eigenvalue weighted by Gasteiger charge is -2.35. The minimum absolute atomic E-state index is 0.0279. The first-order chi connectivity index (χ1) is 12.4. The van der Waals surface area contributed by atoms with Crippen molar-refractivity contribution < 1.29 is 22.7 Å². The summed E-state index contributed by atoms with van der Waals surface area (Å²) in [4.78, 5) is 14.2. The van der Waals surface area contributed by atoms with Crippen molar-refractivity contribution >= 4 is 15.9 Å². The number of carbonyl (C=O) groups is 1. The number of rotatable bonds is 4. The van der Waals surface area contributed by atoms with Crippen LogP contribution < -0.4 is 9.47 Å². The number of piperazine rings is 1. The van der Waals surface area contributed by atoms with E-state index in [2.05, 4.69) is 0 Å². The highest BCUT2D eigenvalue weighted by Gasteiger charge is 2.31. The Balaban J connectivity index is 1.72. The maximum atomic E-state index is 13.0. The van der Waals surface area contributed by atoms with Crippen molar-refractivity contribution in [2.24, 2.45) is 5.92 Å². The van der Waals surface area contributed by atoms with Gasteiger partial charge >= 0.3 is 0 Å². The summed E-state index contributed by atoms with van der Waals surface area (Å²) in [5.74, 6) is 1.11. The van der Waals surface area contributed by atoms with Crippen molar-refractivity contribution in [3.63, 3.8) is 0 Å². The van der Waals surface area contributed by atoms with Gasteiger partial charge in [-0.3, -0.25) is 4.79 Å². The number of amides is 1. The van der Waals surface area contributed by atoms with Gasteiger partial charge < -0.3 is 14.4 Å². The number of hydrogen-bond acceptors (Lipinski definition) is 5. The molecule has 1 fully saturated rings. The zero-order valence-electron chi connectivity index (χ0n) is 15.3. The van der Waals surface area contributed by atoms with Crippen molar-refractivity contribution in [1.29, 1.82) is 0 Å². The van der Waals surface area contributed by atoms with Crippen molar-refractivity contribution in [1.82, 2.24) is 9.21 Å². The van der Waals surface area contributed by atoms with Gasteiger partial charge in [0.1, 0.15) is 0 Å². The molecular weight excluding hydrogens is 356 g/mol. The smallest absolute Gasteiger partial charge is 0.243 e. The van der Waals surface area contributed by atoms with Crippen molar-refractivity contribution in [3.8, 4) is 11.5 Å². The molecule has 0 aliphatic carbocycles. The molecular formula is C18H26N2O5S. The van der Waals surface area contributed by atoms with Crippen molar-refractivity contribution in [2.75, 3.05) is 39.4 Å². The van der Waals surface area contributed by atoms with Crippen LogP contribution in [0.2, 0.25) is 0 Å². The summed E-state index contributed by atoms with van der Waals surface area (Å²) >= 11 is 0. The summed E-state index contributed by atoms with van der Waals surface area (Å²) in [6.07, 6.45) is 1.55. The molecule has 2 aliphatic heterocycles. The molecule has 0 spiro atoms. The van der Waals surface area contributed by atoms with E-state index in [-0.39, 0.29) is 16.7 Å². The third kappa shape index (κ3) is 3.81. The maximum absolute atomic E-state index is 13.0. The van der Waals surface area contributed by atoms with E-state index in [1.165, 1.54) is 10.4 Å². The molecule has 1 atom stereocenters. The van der Waals surface area contributed by atoms with Gasteiger partial charge in [0, 0.05) is 44.6 Å². The molecule has 144 valence electrons. The fourth-order valence-electron chi connectivity index (χ4n) is 3.09. The standard InChI is InChI=1S/C18H26N2O5S/c1-3-14(2)18(21)19-7-9-20(10-8-19)26(22,23)15-5-6-16-17(13-15)25-12-4-11-24-16/h5-6,13-14H,3-4,7-12H2,1-2H3. The molecule has 7 nitrogen and oxygen atoms in total. The second kappa shape index (κ2) is 7.84. The third-order valence-electron chi connectivity index (χ3n) is 4.94. The predicted molar refractivity (Wildman–Crippen MR) is 96.8 cm³/mol. The molecule has 2 aliphatic rings. The molecule has 3 rings (SSSR count). The van der Waals surface area contributed by atoms with Gasteiger partial charge in [0.2, 0.25) is 15.9 Å². The fraction of sp³-hybridized carbons (Fsp3) is 0.611. The Morgan fingerprint density at radius 2 is 1.77 bits per heavy atom. The summed E-state index contributed by atoms with van der Waals surface area (Å²) in [7, 11) is -3.62. The number of fused-ring (bicyclic) bond motifs is 1. The minimum atomic E-state index is -3.62. The minimum Gasteiger partial charge on any atom is -0.490 e. The zero-order chi connectivity index (χ0) is 18.7. The summed E-state index contributed by atoms with van der Waals surface area (Å²) in [6, 6.07) is 4.74. The van der Waals surface area contributed by atoms with Gasteiger partial charge in [0.25, 0.3) is 0 Å². The van der Waals surface area contributed by atoms with Gasteiger partial charge in [-0.2, -0.15) is 4.31 Å². The number of nitrogens with zero attached hydrogens (tertiary/aromatic N) is 2. The molecule has 1 unspecified atom stereocenters. The van der Waals surface area contributed by atoms with Crippen LogP contribution in [0.25, 0.3) is 0 Å². The largest absolute Gasteiger partial charge is 0.490 e. The lowest BCUT2D eigenvalue weighted by molar-refractivity contribution is -0.136. The van der Waals surface area contributed by atoms with E-state index >= 15 is 0 Å². The van der Waals surface area contributed by atoms with Gasteiger partial charge in [-0.1, -0.05) is 13.8 Å². The highest BCUT2D eigenvalue weighted by molar-refractivity contribution is 7.89. The van der Waals surface area contributed by atoms with E-state index in [1.54, 1.807) is 17.0 Å². The number of carbonyl (C=O) groups excluding carboxylic acids is 1. The Morgan fingerprint density at radius 3 is 2.42 bits per heavy atom. The van der Waals surface area contributed by atoms with E-state index in [9.17, 15) is 13.2 Å². The van der Waals surface area contributed by atoms with Gasteiger partial charge in [0.15, 0.2) is 11.5 Å². The summed E-state index contributed by atoms with van der Waals surface area (Å²) in [6.45, 7) is 6.41. The maximum Gasteiger partial charge on any atom is 0.243 e. The van der Waals surface area contributed by atoms with Crippen LogP contribution in [0.5, 0.6) is 11.5 Å². The molecule has 1 aromatic carbocycles. The van der Waals surface area contributed by atoms with E-state index in [4.69, 9.17) is 9.47 Å². The van der Waals surface area contributed by atoms with E-state index in [1.807, 2.05) is 13.8 Å². The number of sulfonamides is 1. The number of benzene rings is 1. The average Bonchev–Trinajstić information content (AvgIpc) is 2.91. The molecule has 8 heteroatoms. The first kappa shape index (κ1) is 19.0. The van der Waals surface area contributed by atoms with Crippen LogP contribution in [0.4, 0.5) is 0 Å². The summed E-state index contributed by atoms with van der Waals surface area (Å²) < 4.78 is 38.5. The lowest BCUT2D eigenvalue weighted by atomic mass is 10.1. The second-order valence-corrected chi connectivity index (χ2v) is 8.64. The molecule has 0 bridgehead atoms. The van der Waals surface area contributed by atoms with Crippen molar-refractivity contribution in [3.05, 3.63) is 18.2 Å². The van der Waals surface area contributed by atoms with Crippen molar-refractivity contribution in [2.45, 2.75) is 31.6 Å². The number of ether oxygens (including phenoxy) is 2. The number of hydrogen-bond donors (Lipinski definition) is 0. The third-order valence-corrected chi connectivity index (χ3v) is 6.84. The SMILES string of the molecule is CCC(C)C(=O)N1CCN(S(=O)(=O)c2ccc3c(c2)OCCCO3)CC1. The lowest BCUT2D eigenvalue weighted by Crippen LogP contribution is -2.51. The van der Waals surface area contributed by atoms with Crippen LogP contribution in [-0.2, 0) is 14.8 Å². The first-order valence-electron chi connectivity index (χ1n) is 9.12. The van der Waals surface area contributed by atoms with Crippen LogP contribution in [0.1, 0.15) is 26.7 Å². The fourth-order valence-corrected chi connectivity index (χ4v) is 4.53. The van der Waals surface area contributed by atoms with E-state index < -0.39 is 10.0 Å². The summed E-state index contributed by atoms with van der Waals surface area (Å²) in [5, 5.41) is 0. The molecule has 26 heavy (non-hydrogen) atoms. The van der Waals surface area contributed by atoms with E-state index in [0.717, 1.165) is 12.8 Å². The molecule has 2 heterocycles. The van der Waals surface area contributed by atoms with Gasteiger partial charge in [-0.05, 0) is 18.6 Å². The van der Waals surface area contributed by atoms with Crippen LogP contribution in [-0.4, -0.2) is 62.9 Å². The van der Waals surface area contributed by atoms with E-state index in [0.29, 0.717) is 50.9 Å². The molecule has 1 amide bonds. The molecule has 0 N–H and O–H groups in total. The Morgan fingerprint density at radius 1 is 1.12 bits per heavy atom. The Hall–Kier alpha value is -1.80. The normalized spacial score (nSPS) is 19.7. The second-order valence-electron chi connectivity index (χ2n) is 6.70. The van der Waals surface area contributed by atoms with Crippen LogP contribution >= 0.6 is 0 Å². The summed E-state index contributed by atoms with van der Waals surface area (Å²) in [5.41, 5.74) is 0. The Bertz CT molecular complexity index is 757. The Kier molecular flexibility index (Phi) is 5.72. The predicted octanol–water partition coefficient (Wildman–Crippen LogP) is 1.73. The quantitative estimate of drug-likeness (QED) is 0.793. The molecule has 0 saturated carbocycles. The molecule has 1 aromatic rings. The van der Waals surface area contributed by atoms with Crippen LogP contribution in [0, 0.1) is 5.92 Å². The zero-order valence-corrected chi connectivity index (χ0v) is 16.1. The molecule has 0 aromatic heterocycles. The van der Waals surface area contributed by atoms with Gasteiger partial charge in [-0.25, -0.2) is 8.42 Å². The van der Waals surface area contributed by atoms with Crippen LogP contribution in [0.15, 0.2) is 23.1 Å². The highest BCUT2D eigenvalue weighted by atomic mass is 32.2. The average molecular weight is 382 g/mol. The molecule has 1 saturated heterocycles. The monoisotopic (exact) mass is 382 g/mol. The van der Waals surface area contributed by atoms with Gasteiger partial charge in [0.05, 0.1) is 18.1 Å². The highest BCUT2D eigenvalue weighted by Crippen LogP contribution is 2.33. The van der Waals surface area contributed by atoms with Crippen LogP contribution in [0.3, 0.4) is 0 Å². The molecule has 0 radical (unpaired) electrons. The topological polar surface area (TPSA) is 76.2 Å². The first-order valence-corrected chi connectivity index (χ1v) is 10.6.